The van der Waals surface area contributed by atoms with Gasteiger partial charge in [0.05, 0.1) is 15.8 Å². The van der Waals surface area contributed by atoms with Crippen molar-refractivity contribution in [1.82, 2.24) is 4.90 Å². The van der Waals surface area contributed by atoms with Crippen molar-refractivity contribution < 1.29 is 9.59 Å². The molecule has 2 heterocycles. The number of thiophene rings is 1. The Hall–Kier alpha value is -1.27. The molecule has 1 aliphatic heterocycles. The van der Waals surface area contributed by atoms with E-state index in [-0.39, 0.29) is 17.7 Å². The maximum absolute atomic E-state index is 12.4. The van der Waals surface area contributed by atoms with E-state index in [9.17, 15) is 9.59 Å². The normalized spacial score (nSPS) is 16.8. The van der Waals surface area contributed by atoms with Crippen molar-refractivity contribution in [2.24, 2.45) is 0 Å². The van der Waals surface area contributed by atoms with Gasteiger partial charge in [0.2, 0.25) is 0 Å². The van der Waals surface area contributed by atoms with Gasteiger partial charge in [0.1, 0.15) is 0 Å². The molecule has 0 unspecified atom stereocenters. The fourth-order valence-corrected chi connectivity index (χ4v) is 3.98. The van der Waals surface area contributed by atoms with Crippen molar-refractivity contribution in [3.8, 4) is 0 Å². The van der Waals surface area contributed by atoms with Crippen LogP contribution in [0.15, 0.2) is 41.3 Å². The summed E-state index contributed by atoms with van der Waals surface area (Å²) in [5.41, 5.74) is 0.854. The van der Waals surface area contributed by atoms with Crippen molar-refractivity contribution in [3.05, 3.63) is 61.1 Å². The van der Waals surface area contributed by atoms with E-state index < -0.39 is 0 Å². The van der Waals surface area contributed by atoms with Crippen LogP contribution in [0.3, 0.4) is 0 Å². The highest BCUT2D eigenvalue weighted by Gasteiger charge is 2.35. The highest BCUT2D eigenvalue weighted by Crippen LogP contribution is 2.35. The van der Waals surface area contributed by atoms with Crippen LogP contribution in [-0.4, -0.2) is 16.0 Å². The lowest BCUT2D eigenvalue weighted by molar-refractivity contribution is -0.123. The highest BCUT2D eigenvalue weighted by atomic mass is 35.5. The van der Waals surface area contributed by atoms with Gasteiger partial charge in [-0.2, -0.15) is 0 Å². The van der Waals surface area contributed by atoms with E-state index in [1.54, 1.807) is 36.4 Å². The second kappa shape index (κ2) is 6.46. The molecule has 1 saturated heterocycles. The average Bonchev–Trinajstić information content (AvgIpc) is 3.00. The van der Waals surface area contributed by atoms with Crippen molar-refractivity contribution in [1.29, 1.82) is 0 Å². The largest absolute Gasteiger partial charge is 0.293 e. The van der Waals surface area contributed by atoms with Gasteiger partial charge in [0, 0.05) is 9.90 Å². The Morgan fingerprint density at radius 2 is 1.77 bits per heavy atom. The number of amides is 2. The molecule has 0 bridgehead atoms. The third-order valence-electron chi connectivity index (χ3n) is 2.99. The maximum atomic E-state index is 12.4. The van der Waals surface area contributed by atoms with Gasteiger partial charge in [-0.3, -0.25) is 14.5 Å². The van der Waals surface area contributed by atoms with Gasteiger partial charge in [-0.15, -0.1) is 11.3 Å². The van der Waals surface area contributed by atoms with Gasteiger partial charge in [0.25, 0.3) is 11.1 Å². The van der Waals surface area contributed by atoms with Crippen LogP contribution in [0, 0.1) is 0 Å². The number of imide groups is 1. The molecule has 0 atom stereocenters. The number of rotatable bonds is 3. The van der Waals surface area contributed by atoms with Crippen LogP contribution < -0.4 is 0 Å². The summed E-state index contributed by atoms with van der Waals surface area (Å²) in [5.74, 6) is -0.283. The van der Waals surface area contributed by atoms with Crippen LogP contribution in [0.1, 0.15) is 10.4 Å². The molecular formula is C15H9Cl2NO2S2. The Morgan fingerprint density at radius 3 is 2.41 bits per heavy atom. The predicted octanol–water partition coefficient (Wildman–Crippen LogP) is 5.29. The minimum absolute atomic E-state index is 0.240. The Bertz CT molecular complexity index is 768. The first kappa shape index (κ1) is 15.6. The highest BCUT2D eigenvalue weighted by molar-refractivity contribution is 8.18. The number of thioether (sulfide) groups is 1. The van der Waals surface area contributed by atoms with Crippen molar-refractivity contribution in [2.75, 3.05) is 0 Å². The molecule has 0 radical (unpaired) electrons. The zero-order chi connectivity index (χ0) is 15.7. The van der Waals surface area contributed by atoms with Crippen molar-refractivity contribution in [2.45, 2.75) is 6.54 Å². The van der Waals surface area contributed by atoms with Gasteiger partial charge < -0.3 is 0 Å². The number of carbonyl (C=O) groups excluding carboxylic acids is 2. The molecule has 112 valence electrons. The molecule has 1 fully saturated rings. The Kier molecular flexibility index (Phi) is 4.59. The summed E-state index contributed by atoms with van der Waals surface area (Å²) in [5, 5.41) is 0.348. The molecule has 2 aromatic rings. The lowest BCUT2D eigenvalue weighted by Crippen LogP contribution is -2.27. The van der Waals surface area contributed by atoms with Crippen LogP contribution in [0.4, 0.5) is 4.79 Å². The lowest BCUT2D eigenvalue weighted by Gasteiger charge is -2.12. The minimum Gasteiger partial charge on any atom is -0.268 e. The van der Waals surface area contributed by atoms with Gasteiger partial charge in [-0.25, -0.2) is 0 Å². The average molecular weight is 370 g/mol. The number of hydrogen-bond acceptors (Lipinski definition) is 4. The molecule has 0 spiro atoms. The number of carbonyl (C=O) groups is 2. The minimum atomic E-state index is -0.283. The molecular weight excluding hydrogens is 361 g/mol. The smallest absolute Gasteiger partial charge is 0.268 e. The SMILES string of the molecule is O=C1S/C(=C/c2ccc(Cl)s2)C(=O)N1Cc1ccc(Cl)cc1. The molecule has 3 nitrogen and oxygen atoms in total. The predicted molar refractivity (Wildman–Crippen MR) is 92.3 cm³/mol. The van der Waals surface area contributed by atoms with Gasteiger partial charge in [-0.05, 0) is 47.7 Å². The lowest BCUT2D eigenvalue weighted by atomic mass is 10.2. The van der Waals surface area contributed by atoms with Crippen LogP contribution in [-0.2, 0) is 11.3 Å². The summed E-state index contributed by atoms with van der Waals surface area (Å²) in [7, 11) is 0. The Morgan fingerprint density at radius 1 is 1.05 bits per heavy atom. The first-order valence-corrected chi connectivity index (χ1v) is 8.67. The fraction of sp³-hybridized carbons (Fsp3) is 0.0667. The fourth-order valence-electron chi connectivity index (χ4n) is 1.94. The standard InChI is InChI=1S/C15H9Cl2NO2S2/c16-10-3-1-9(2-4-10)8-18-14(19)12(22-15(18)20)7-11-5-6-13(17)21-11/h1-7H,8H2/b12-7+. The molecule has 0 saturated carbocycles. The molecule has 7 heteroatoms. The quantitative estimate of drug-likeness (QED) is 0.689. The van der Waals surface area contributed by atoms with Gasteiger partial charge in [-0.1, -0.05) is 35.3 Å². The summed E-state index contributed by atoms with van der Waals surface area (Å²) in [6.45, 7) is 0.240. The third-order valence-corrected chi connectivity index (χ3v) is 5.33. The third kappa shape index (κ3) is 3.38. The summed E-state index contributed by atoms with van der Waals surface area (Å²) >= 11 is 14.0. The van der Waals surface area contributed by atoms with E-state index >= 15 is 0 Å². The summed E-state index contributed by atoms with van der Waals surface area (Å²) < 4.78 is 0.645. The second-order valence-electron chi connectivity index (χ2n) is 4.54. The van der Waals surface area contributed by atoms with Crippen molar-refractivity contribution in [3.63, 3.8) is 0 Å². The van der Waals surface area contributed by atoms with E-state index in [0.29, 0.717) is 14.3 Å². The Labute approximate surface area is 145 Å². The van der Waals surface area contributed by atoms with Crippen LogP contribution >= 0.6 is 46.3 Å². The maximum Gasteiger partial charge on any atom is 0.293 e. The van der Waals surface area contributed by atoms with E-state index in [4.69, 9.17) is 23.2 Å². The molecule has 1 aromatic heterocycles. The Balaban J connectivity index is 1.79. The van der Waals surface area contributed by atoms with E-state index in [2.05, 4.69) is 0 Å². The molecule has 3 rings (SSSR count). The zero-order valence-electron chi connectivity index (χ0n) is 11.1. The molecule has 2 amide bonds. The topological polar surface area (TPSA) is 37.4 Å². The summed E-state index contributed by atoms with van der Waals surface area (Å²) in [4.78, 5) is 26.9. The monoisotopic (exact) mass is 369 g/mol. The summed E-state index contributed by atoms with van der Waals surface area (Å²) in [6.07, 6.45) is 1.70. The van der Waals surface area contributed by atoms with Crippen LogP contribution in [0.5, 0.6) is 0 Å². The van der Waals surface area contributed by atoms with Gasteiger partial charge in [0.15, 0.2) is 0 Å². The number of halogens is 2. The molecule has 22 heavy (non-hydrogen) atoms. The molecule has 1 aliphatic rings. The first-order chi connectivity index (χ1) is 10.5. The number of nitrogens with zero attached hydrogens (tertiary/aromatic N) is 1. The van der Waals surface area contributed by atoms with Crippen LogP contribution in [0.2, 0.25) is 9.36 Å². The molecule has 0 N–H and O–H groups in total. The number of benzene rings is 1. The van der Waals surface area contributed by atoms with Crippen molar-refractivity contribution >= 4 is 63.5 Å². The molecule has 0 aliphatic carbocycles. The first-order valence-electron chi connectivity index (χ1n) is 6.28. The summed E-state index contributed by atoms with van der Waals surface area (Å²) in [6, 6.07) is 10.7. The van der Waals surface area contributed by atoms with E-state index in [0.717, 1.165) is 22.2 Å². The van der Waals surface area contributed by atoms with E-state index in [1.807, 2.05) is 6.07 Å². The van der Waals surface area contributed by atoms with Crippen LogP contribution in [0.25, 0.3) is 6.08 Å². The zero-order valence-corrected chi connectivity index (χ0v) is 14.2. The van der Waals surface area contributed by atoms with E-state index in [1.165, 1.54) is 16.2 Å². The number of hydrogen-bond donors (Lipinski definition) is 0. The molecule has 1 aromatic carbocycles. The van der Waals surface area contributed by atoms with Gasteiger partial charge >= 0.3 is 0 Å². The second-order valence-corrected chi connectivity index (χ2v) is 7.71.